The molecule has 2 aromatic rings. The van der Waals surface area contributed by atoms with Crippen molar-refractivity contribution in [1.29, 1.82) is 0 Å². The fraction of sp³-hybridized carbons (Fsp3) is 0.471. The molecule has 2 atom stereocenters. The van der Waals surface area contributed by atoms with Crippen LogP contribution in [-0.4, -0.2) is 47.2 Å². The number of benzene rings is 1. The van der Waals surface area contributed by atoms with Crippen molar-refractivity contribution < 1.29 is 9.59 Å². The van der Waals surface area contributed by atoms with Crippen molar-refractivity contribution in [1.82, 2.24) is 26.1 Å². The summed E-state index contributed by atoms with van der Waals surface area (Å²) < 4.78 is 0. The number of amides is 2. The summed E-state index contributed by atoms with van der Waals surface area (Å²) in [6, 6.07) is 7.91. The van der Waals surface area contributed by atoms with Gasteiger partial charge >= 0.3 is 0 Å². The third kappa shape index (κ3) is 3.73. The summed E-state index contributed by atoms with van der Waals surface area (Å²) in [7, 11) is 0. The second-order valence-electron chi connectivity index (χ2n) is 6.18. The molecule has 0 bridgehead atoms. The molecule has 2 unspecified atom stereocenters. The summed E-state index contributed by atoms with van der Waals surface area (Å²) >= 11 is 0. The predicted molar refractivity (Wildman–Crippen MR) is 91.7 cm³/mol. The Kier molecular flexibility index (Phi) is 5.10. The van der Waals surface area contributed by atoms with Crippen LogP contribution in [0.1, 0.15) is 36.7 Å². The van der Waals surface area contributed by atoms with Crippen molar-refractivity contribution in [2.24, 2.45) is 0 Å². The molecule has 1 aliphatic heterocycles. The van der Waals surface area contributed by atoms with E-state index in [0.717, 1.165) is 30.3 Å². The molecule has 2 heterocycles. The van der Waals surface area contributed by atoms with E-state index >= 15 is 0 Å². The van der Waals surface area contributed by atoms with Crippen LogP contribution in [0.4, 0.5) is 0 Å². The van der Waals surface area contributed by atoms with Gasteiger partial charge in [0.2, 0.25) is 5.91 Å². The Morgan fingerprint density at radius 2 is 2.17 bits per heavy atom. The molecule has 1 aromatic heterocycles. The highest BCUT2D eigenvalue weighted by Crippen LogP contribution is 2.14. The smallest absolute Gasteiger partial charge is 0.272 e. The Morgan fingerprint density at radius 1 is 1.33 bits per heavy atom. The van der Waals surface area contributed by atoms with E-state index in [9.17, 15) is 9.59 Å². The maximum absolute atomic E-state index is 12.2. The number of hydrogen-bond acceptors (Lipinski definition) is 4. The number of carbonyl (C=O) groups is 2. The second-order valence-corrected chi connectivity index (χ2v) is 6.18. The molecule has 1 aromatic carbocycles. The highest BCUT2D eigenvalue weighted by atomic mass is 16.2. The van der Waals surface area contributed by atoms with Gasteiger partial charge in [0.15, 0.2) is 5.69 Å². The first-order valence-electron chi connectivity index (χ1n) is 8.39. The van der Waals surface area contributed by atoms with Crippen molar-refractivity contribution in [3.05, 3.63) is 30.0 Å². The molecular weight excluding hydrogens is 306 g/mol. The van der Waals surface area contributed by atoms with Gasteiger partial charge in [-0.1, -0.05) is 18.2 Å². The zero-order valence-electron chi connectivity index (χ0n) is 13.8. The largest absolute Gasteiger partial charge is 0.352 e. The first-order valence-corrected chi connectivity index (χ1v) is 8.39. The average Bonchev–Trinajstić information content (AvgIpc) is 3.01. The van der Waals surface area contributed by atoms with Gasteiger partial charge in [-0.3, -0.25) is 14.7 Å². The Morgan fingerprint density at radius 3 is 3.00 bits per heavy atom. The molecule has 0 spiro atoms. The monoisotopic (exact) mass is 329 g/mol. The summed E-state index contributed by atoms with van der Waals surface area (Å²) in [6.07, 6.45) is 2.32. The molecule has 0 aliphatic carbocycles. The average molecular weight is 329 g/mol. The first kappa shape index (κ1) is 16.4. The van der Waals surface area contributed by atoms with Crippen molar-refractivity contribution in [3.63, 3.8) is 0 Å². The number of nitrogens with one attached hydrogen (secondary N) is 4. The number of para-hydroxylation sites is 1. The van der Waals surface area contributed by atoms with Crippen LogP contribution in [0.15, 0.2) is 24.3 Å². The number of nitrogens with zero attached hydrogens (tertiary/aromatic N) is 1. The number of aromatic amines is 1. The number of piperidine rings is 1. The lowest BCUT2D eigenvalue weighted by molar-refractivity contribution is -0.122. The Bertz CT molecular complexity index is 727. The van der Waals surface area contributed by atoms with Crippen LogP contribution in [0.3, 0.4) is 0 Å². The molecular formula is C17H23N5O2. The molecule has 1 fully saturated rings. The van der Waals surface area contributed by atoms with Crippen molar-refractivity contribution in [2.75, 3.05) is 13.1 Å². The van der Waals surface area contributed by atoms with E-state index in [1.54, 1.807) is 0 Å². The van der Waals surface area contributed by atoms with Gasteiger partial charge in [-0.2, -0.15) is 5.10 Å². The molecule has 128 valence electrons. The minimum Gasteiger partial charge on any atom is -0.352 e. The van der Waals surface area contributed by atoms with Gasteiger partial charge in [0.1, 0.15) is 0 Å². The summed E-state index contributed by atoms with van der Waals surface area (Å²) in [6.45, 7) is 3.37. The van der Waals surface area contributed by atoms with E-state index in [0.29, 0.717) is 12.2 Å². The van der Waals surface area contributed by atoms with Crippen LogP contribution in [0.2, 0.25) is 0 Å². The van der Waals surface area contributed by atoms with E-state index < -0.39 is 0 Å². The molecule has 2 amide bonds. The summed E-state index contributed by atoms with van der Waals surface area (Å²) in [5, 5.41) is 16.8. The number of rotatable bonds is 5. The van der Waals surface area contributed by atoms with Crippen molar-refractivity contribution in [3.8, 4) is 0 Å². The zero-order valence-corrected chi connectivity index (χ0v) is 13.8. The number of aromatic nitrogens is 2. The van der Waals surface area contributed by atoms with Crippen molar-refractivity contribution in [2.45, 2.75) is 38.3 Å². The summed E-state index contributed by atoms with van der Waals surface area (Å²) in [5.41, 5.74) is 1.18. The quantitative estimate of drug-likeness (QED) is 0.656. The second kappa shape index (κ2) is 7.44. The van der Waals surface area contributed by atoms with E-state index in [-0.39, 0.29) is 30.3 Å². The Hall–Kier alpha value is -2.41. The lowest BCUT2D eigenvalue weighted by Crippen LogP contribution is -2.52. The van der Waals surface area contributed by atoms with Crippen LogP contribution in [0.5, 0.6) is 0 Å². The van der Waals surface area contributed by atoms with Gasteiger partial charge in [-0.25, -0.2) is 0 Å². The SMILES string of the molecule is CC1NCCCC1NC(=O)CCNC(=O)c1n[nH]c2ccccc12. The lowest BCUT2D eigenvalue weighted by atomic mass is 10.00. The fourth-order valence-corrected chi connectivity index (χ4v) is 3.03. The minimum absolute atomic E-state index is 0.0391. The van der Waals surface area contributed by atoms with Gasteiger partial charge in [0.05, 0.1) is 5.52 Å². The van der Waals surface area contributed by atoms with Crippen LogP contribution >= 0.6 is 0 Å². The summed E-state index contributed by atoms with van der Waals surface area (Å²) in [5.74, 6) is -0.310. The van der Waals surface area contributed by atoms with Gasteiger partial charge in [0, 0.05) is 30.4 Å². The molecule has 4 N–H and O–H groups in total. The van der Waals surface area contributed by atoms with Crippen LogP contribution in [0.25, 0.3) is 10.9 Å². The Balaban J connectivity index is 1.47. The third-order valence-corrected chi connectivity index (χ3v) is 4.43. The molecule has 7 heteroatoms. The van der Waals surface area contributed by atoms with E-state index in [1.165, 1.54) is 0 Å². The number of H-pyrrole nitrogens is 1. The standard InChI is InChI=1S/C17H23N5O2/c1-11-13(7-4-9-18-11)20-15(23)8-10-19-17(24)16-12-5-2-3-6-14(12)21-22-16/h2-3,5-6,11,13,18H,4,7-10H2,1H3,(H,19,24)(H,20,23)(H,21,22). The molecule has 7 nitrogen and oxygen atoms in total. The van der Waals surface area contributed by atoms with Crippen molar-refractivity contribution >= 4 is 22.7 Å². The van der Waals surface area contributed by atoms with Gasteiger partial charge in [0.25, 0.3) is 5.91 Å². The first-order chi connectivity index (χ1) is 11.6. The normalized spacial score (nSPS) is 20.7. The highest BCUT2D eigenvalue weighted by molar-refractivity contribution is 6.04. The molecule has 0 saturated carbocycles. The van der Waals surface area contributed by atoms with Gasteiger partial charge in [-0.05, 0) is 32.4 Å². The number of carbonyl (C=O) groups excluding carboxylic acids is 2. The van der Waals surface area contributed by atoms with E-state index in [4.69, 9.17) is 0 Å². The number of fused-ring (bicyclic) bond motifs is 1. The molecule has 1 aliphatic rings. The Labute approximate surface area is 140 Å². The maximum atomic E-state index is 12.2. The maximum Gasteiger partial charge on any atom is 0.272 e. The van der Waals surface area contributed by atoms with Crippen LogP contribution in [0, 0.1) is 0 Å². The molecule has 24 heavy (non-hydrogen) atoms. The molecule has 1 saturated heterocycles. The van der Waals surface area contributed by atoms with Crippen LogP contribution in [-0.2, 0) is 4.79 Å². The summed E-state index contributed by atoms with van der Waals surface area (Å²) in [4.78, 5) is 24.2. The van der Waals surface area contributed by atoms with Gasteiger partial charge < -0.3 is 16.0 Å². The van der Waals surface area contributed by atoms with Gasteiger partial charge in [-0.15, -0.1) is 0 Å². The highest BCUT2D eigenvalue weighted by Gasteiger charge is 2.22. The number of hydrogen-bond donors (Lipinski definition) is 4. The predicted octanol–water partition coefficient (Wildman–Crippen LogP) is 0.940. The molecule has 0 radical (unpaired) electrons. The van der Waals surface area contributed by atoms with E-state index in [1.807, 2.05) is 24.3 Å². The zero-order chi connectivity index (χ0) is 16.9. The van der Waals surface area contributed by atoms with Crippen LogP contribution < -0.4 is 16.0 Å². The lowest BCUT2D eigenvalue weighted by Gasteiger charge is -2.30. The minimum atomic E-state index is -0.270. The molecule has 3 rings (SSSR count). The third-order valence-electron chi connectivity index (χ3n) is 4.43. The topological polar surface area (TPSA) is 98.9 Å². The fourth-order valence-electron chi connectivity index (χ4n) is 3.03. The van der Waals surface area contributed by atoms with E-state index in [2.05, 4.69) is 33.1 Å².